The molecular formula is C11H16N4O4S. The summed E-state index contributed by atoms with van der Waals surface area (Å²) >= 11 is 0. The lowest BCUT2D eigenvalue weighted by Crippen LogP contribution is -2.38. The summed E-state index contributed by atoms with van der Waals surface area (Å²) in [6.07, 6.45) is 1.89. The molecule has 1 atom stereocenters. The van der Waals surface area contributed by atoms with E-state index < -0.39 is 14.9 Å². The van der Waals surface area contributed by atoms with Crippen LogP contribution in [-0.2, 0) is 10.0 Å². The first-order valence-corrected chi connectivity index (χ1v) is 7.71. The Balaban J connectivity index is 2.30. The van der Waals surface area contributed by atoms with E-state index in [9.17, 15) is 18.5 Å². The van der Waals surface area contributed by atoms with Crippen LogP contribution in [-0.4, -0.2) is 32.5 Å². The molecule has 1 aliphatic rings. The highest BCUT2D eigenvalue weighted by Gasteiger charge is 2.21. The SMILES string of the molecule is NS(=O)(=O)c1ccc(NC2CCCNC2)c([N+](=O)[O-])c1. The summed E-state index contributed by atoms with van der Waals surface area (Å²) in [4.78, 5) is 10.2. The summed E-state index contributed by atoms with van der Waals surface area (Å²) in [6, 6.07) is 3.71. The minimum absolute atomic E-state index is 0.0859. The minimum atomic E-state index is -3.95. The fourth-order valence-electron chi connectivity index (χ4n) is 2.16. The molecule has 110 valence electrons. The van der Waals surface area contributed by atoms with Crippen molar-refractivity contribution in [2.75, 3.05) is 18.4 Å². The van der Waals surface area contributed by atoms with Crippen molar-refractivity contribution < 1.29 is 13.3 Å². The standard InChI is InChI=1S/C11H16N4O4S/c12-20(18,19)9-3-4-10(11(6-9)15(16)17)14-8-2-1-5-13-7-8/h3-4,6,8,13-14H,1-2,5,7H2,(H2,12,18,19). The number of nitrogens with two attached hydrogens (primary N) is 1. The molecular weight excluding hydrogens is 284 g/mol. The third kappa shape index (κ3) is 3.44. The Morgan fingerprint density at radius 2 is 2.20 bits per heavy atom. The average Bonchev–Trinajstić information content (AvgIpc) is 2.38. The Morgan fingerprint density at radius 1 is 1.45 bits per heavy atom. The van der Waals surface area contributed by atoms with Crippen LogP contribution in [0.3, 0.4) is 0 Å². The van der Waals surface area contributed by atoms with Crippen LogP contribution in [0.25, 0.3) is 0 Å². The van der Waals surface area contributed by atoms with E-state index in [-0.39, 0.29) is 16.6 Å². The van der Waals surface area contributed by atoms with Gasteiger partial charge in [0, 0.05) is 18.7 Å². The molecule has 1 unspecified atom stereocenters. The van der Waals surface area contributed by atoms with Gasteiger partial charge in [0.25, 0.3) is 5.69 Å². The molecule has 0 bridgehead atoms. The van der Waals surface area contributed by atoms with Crippen molar-refractivity contribution >= 4 is 21.4 Å². The number of hydrogen-bond acceptors (Lipinski definition) is 6. The number of nitro groups is 1. The Hall–Kier alpha value is -1.71. The second-order valence-electron chi connectivity index (χ2n) is 4.67. The van der Waals surface area contributed by atoms with Gasteiger partial charge in [-0.15, -0.1) is 0 Å². The molecule has 0 aliphatic carbocycles. The summed E-state index contributed by atoms with van der Waals surface area (Å²) in [7, 11) is -3.95. The number of piperidine rings is 1. The molecule has 1 saturated heterocycles. The van der Waals surface area contributed by atoms with E-state index in [1.54, 1.807) is 0 Å². The van der Waals surface area contributed by atoms with Crippen molar-refractivity contribution in [2.45, 2.75) is 23.8 Å². The molecule has 2 rings (SSSR count). The van der Waals surface area contributed by atoms with Gasteiger partial charge in [0.1, 0.15) is 5.69 Å². The van der Waals surface area contributed by atoms with Crippen LogP contribution < -0.4 is 15.8 Å². The van der Waals surface area contributed by atoms with Gasteiger partial charge in [-0.3, -0.25) is 10.1 Å². The molecule has 0 saturated carbocycles. The fourth-order valence-corrected chi connectivity index (χ4v) is 2.69. The summed E-state index contributed by atoms with van der Waals surface area (Å²) in [5.41, 5.74) is 0.0122. The van der Waals surface area contributed by atoms with Gasteiger partial charge in [0.2, 0.25) is 10.0 Å². The van der Waals surface area contributed by atoms with Crippen molar-refractivity contribution in [2.24, 2.45) is 5.14 Å². The fraction of sp³-hybridized carbons (Fsp3) is 0.455. The molecule has 9 heteroatoms. The summed E-state index contributed by atoms with van der Waals surface area (Å²) < 4.78 is 22.5. The van der Waals surface area contributed by atoms with E-state index in [1.165, 1.54) is 12.1 Å². The second-order valence-corrected chi connectivity index (χ2v) is 6.23. The number of nitrogens with one attached hydrogen (secondary N) is 2. The monoisotopic (exact) mass is 300 g/mol. The maximum atomic E-state index is 11.2. The molecule has 0 radical (unpaired) electrons. The lowest BCUT2D eigenvalue weighted by atomic mass is 10.1. The van der Waals surface area contributed by atoms with Crippen LogP contribution in [0.1, 0.15) is 12.8 Å². The van der Waals surface area contributed by atoms with Gasteiger partial charge < -0.3 is 10.6 Å². The van der Waals surface area contributed by atoms with Gasteiger partial charge >= 0.3 is 0 Å². The second kappa shape index (κ2) is 5.73. The van der Waals surface area contributed by atoms with E-state index in [2.05, 4.69) is 10.6 Å². The lowest BCUT2D eigenvalue weighted by Gasteiger charge is -2.24. The average molecular weight is 300 g/mol. The number of primary sulfonamides is 1. The number of benzene rings is 1. The van der Waals surface area contributed by atoms with Crippen molar-refractivity contribution in [1.29, 1.82) is 0 Å². The normalized spacial score (nSPS) is 19.6. The van der Waals surface area contributed by atoms with Gasteiger partial charge in [0.15, 0.2) is 0 Å². The zero-order chi connectivity index (χ0) is 14.8. The minimum Gasteiger partial charge on any atom is -0.375 e. The Labute approximate surface area is 116 Å². The van der Waals surface area contributed by atoms with Crippen molar-refractivity contribution in [1.82, 2.24) is 5.32 Å². The van der Waals surface area contributed by atoms with Crippen LogP contribution >= 0.6 is 0 Å². The molecule has 1 fully saturated rings. The van der Waals surface area contributed by atoms with Crippen LogP contribution in [0.4, 0.5) is 11.4 Å². The maximum Gasteiger partial charge on any atom is 0.293 e. The molecule has 8 nitrogen and oxygen atoms in total. The molecule has 0 amide bonds. The number of sulfonamides is 1. The van der Waals surface area contributed by atoms with Crippen LogP contribution in [0.15, 0.2) is 23.1 Å². The van der Waals surface area contributed by atoms with Gasteiger partial charge in [-0.1, -0.05) is 0 Å². The molecule has 0 spiro atoms. The van der Waals surface area contributed by atoms with Crippen molar-refractivity contribution in [3.63, 3.8) is 0 Å². The first kappa shape index (κ1) is 14.7. The number of anilines is 1. The highest BCUT2D eigenvalue weighted by atomic mass is 32.2. The molecule has 0 aromatic heterocycles. The molecule has 1 aromatic carbocycles. The summed E-state index contributed by atoms with van der Waals surface area (Å²) in [6.45, 7) is 1.65. The van der Waals surface area contributed by atoms with Crippen LogP contribution in [0, 0.1) is 10.1 Å². The smallest absolute Gasteiger partial charge is 0.293 e. The van der Waals surface area contributed by atoms with E-state index >= 15 is 0 Å². The molecule has 4 N–H and O–H groups in total. The van der Waals surface area contributed by atoms with E-state index in [0.29, 0.717) is 12.2 Å². The van der Waals surface area contributed by atoms with Crippen LogP contribution in [0.2, 0.25) is 0 Å². The first-order valence-electron chi connectivity index (χ1n) is 6.16. The van der Waals surface area contributed by atoms with Crippen LogP contribution in [0.5, 0.6) is 0 Å². The summed E-state index contributed by atoms with van der Waals surface area (Å²) in [5.74, 6) is 0. The predicted octanol–water partition coefficient (Wildman–Crippen LogP) is 0.406. The zero-order valence-corrected chi connectivity index (χ0v) is 11.5. The molecule has 1 aromatic rings. The Kier molecular flexibility index (Phi) is 4.21. The third-order valence-electron chi connectivity index (χ3n) is 3.15. The lowest BCUT2D eigenvalue weighted by molar-refractivity contribution is -0.384. The Bertz CT molecular complexity index is 611. The van der Waals surface area contributed by atoms with Gasteiger partial charge in [-0.2, -0.15) is 0 Å². The summed E-state index contributed by atoms with van der Waals surface area (Å²) in [5, 5.41) is 22.3. The van der Waals surface area contributed by atoms with Gasteiger partial charge in [0.05, 0.1) is 9.82 Å². The Morgan fingerprint density at radius 3 is 2.75 bits per heavy atom. The van der Waals surface area contributed by atoms with Gasteiger partial charge in [-0.05, 0) is 31.5 Å². The quantitative estimate of drug-likeness (QED) is 0.545. The number of hydrogen-bond donors (Lipinski definition) is 3. The number of rotatable bonds is 4. The van der Waals surface area contributed by atoms with Crippen molar-refractivity contribution in [3.8, 4) is 0 Å². The first-order chi connectivity index (χ1) is 9.38. The predicted molar refractivity (Wildman–Crippen MR) is 74.0 cm³/mol. The molecule has 20 heavy (non-hydrogen) atoms. The third-order valence-corrected chi connectivity index (χ3v) is 4.06. The number of nitro benzene ring substituents is 1. The highest BCUT2D eigenvalue weighted by Crippen LogP contribution is 2.28. The number of nitrogens with zero attached hydrogens (tertiary/aromatic N) is 1. The highest BCUT2D eigenvalue weighted by molar-refractivity contribution is 7.89. The largest absolute Gasteiger partial charge is 0.375 e. The van der Waals surface area contributed by atoms with E-state index in [4.69, 9.17) is 5.14 Å². The zero-order valence-electron chi connectivity index (χ0n) is 10.7. The topological polar surface area (TPSA) is 127 Å². The van der Waals surface area contributed by atoms with E-state index in [0.717, 1.165) is 25.5 Å². The van der Waals surface area contributed by atoms with Gasteiger partial charge in [-0.25, -0.2) is 13.6 Å². The molecule has 1 aliphatic heterocycles. The van der Waals surface area contributed by atoms with E-state index in [1.807, 2.05) is 0 Å². The van der Waals surface area contributed by atoms with Crippen molar-refractivity contribution in [3.05, 3.63) is 28.3 Å². The maximum absolute atomic E-state index is 11.2. The molecule has 1 heterocycles.